The van der Waals surface area contributed by atoms with E-state index in [1.807, 2.05) is 0 Å². The molecule has 12 heavy (non-hydrogen) atoms. The van der Waals surface area contributed by atoms with Crippen molar-refractivity contribution >= 4 is 31.5 Å². The number of halogens is 1. The average Bonchev–Trinajstić information content (AvgIpc) is 2.05. The van der Waals surface area contributed by atoms with Gasteiger partial charge in [0.1, 0.15) is 0 Å². The molecule has 0 amide bonds. The molecule has 1 aromatic carbocycles. The van der Waals surface area contributed by atoms with Gasteiger partial charge >= 0.3 is 0 Å². The van der Waals surface area contributed by atoms with Gasteiger partial charge in [0.25, 0.3) is 5.69 Å². The van der Waals surface area contributed by atoms with E-state index in [1.54, 1.807) is 12.1 Å². The van der Waals surface area contributed by atoms with Crippen LogP contribution in [-0.2, 0) is 5.33 Å². The zero-order valence-corrected chi connectivity index (χ0v) is 9.37. The summed E-state index contributed by atoms with van der Waals surface area (Å²) in [6.07, 6.45) is 0. The Balaban J connectivity index is 0.00000121. The molecule has 0 fully saturated rings. The summed E-state index contributed by atoms with van der Waals surface area (Å²) < 4.78 is 0. The monoisotopic (exact) mass is 249 g/mol. The van der Waals surface area contributed by atoms with Crippen LogP contribution in [0.25, 0.3) is 0 Å². The third-order valence-corrected chi connectivity index (χ3v) is 1.95. The Morgan fingerprint density at radius 2 is 1.83 bits per heavy atom. The predicted octanol–water partition coefficient (Wildman–Crippen LogP) is 2.55. The van der Waals surface area contributed by atoms with Crippen molar-refractivity contribution in [3.8, 4) is 0 Å². The summed E-state index contributed by atoms with van der Waals surface area (Å²) in [6.45, 7) is 0. The van der Waals surface area contributed by atoms with Gasteiger partial charge in [-0.3, -0.25) is 10.1 Å². The fraction of sp³-hybridized carbons (Fsp3) is 0.143. The van der Waals surface area contributed by atoms with E-state index >= 15 is 0 Å². The molecule has 1 rings (SSSR count). The van der Waals surface area contributed by atoms with E-state index in [2.05, 4.69) is 15.9 Å². The second kappa shape index (κ2) is 5.22. The van der Waals surface area contributed by atoms with Gasteiger partial charge in [-0.2, -0.15) is 9.90 Å². The summed E-state index contributed by atoms with van der Waals surface area (Å²) in [6, 6.07) is 6.45. The van der Waals surface area contributed by atoms with Gasteiger partial charge in [0, 0.05) is 17.5 Å². The van der Waals surface area contributed by atoms with Crippen LogP contribution < -0.4 is 0 Å². The molecule has 0 bridgehead atoms. The summed E-state index contributed by atoms with van der Waals surface area (Å²) in [4.78, 5) is 9.79. The summed E-state index contributed by atoms with van der Waals surface area (Å²) in [5.41, 5.74) is 1.17. The van der Waals surface area contributed by atoms with Gasteiger partial charge in [-0.1, -0.05) is 28.1 Å². The molecule has 3 nitrogen and oxygen atoms in total. The maximum atomic E-state index is 10.2. The first kappa shape index (κ1) is 11.5. The lowest BCUT2D eigenvalue weighted by molar-refractivity contribution is -0.384. The number of rotatable bonds is 2. The Hall–Kier alpha value is -0.470. The number of nitrogens with zero attached hydrogens (tertiary/aromatic N) is 1. The molecule has 0 aliphatic rings. The second-order valence-electron chi connectivity index (χ2n) is 2.06. The first-order valence-corrected chi connectivity index (χ1v) is 4.15. The van der Waals surface area contributed by atoms with Crippen LogP contribution in [0.3, 0.4) is 0 Å². The van der Waals surface area contributed by atoms with Crippen molar-refractivity contribution in [2.24, 2.45) is 0 Å². The van der Waals surface area contributed by atoms with Crippen LogP contribution in [0.4, 0.5) is 5.69 Å². The van der Waals surface area contributed by atoms with E-state index in [0.29, 0.717) is 0 Å². The molecule has 0 aliphatic carbocycles. The molecule has 0 N–H and O–H groups in total. The Labute approximate surface area is 82.1 Å². The molecular weight excluding hydrogens is 241 g/mol. The van der Waals surface area contributed by atoms with Crippen LogP contribution in [0.2, 0.25) is 0 Å². The molecule has 1 atom stereocenters. The van der Waals surface area contributed by atoms with E-state index in [4.69, 9.17) is 0 Å². The molecule has 0 aromatic heterocycles. The predicted molar refractivity (Wildman–Crippen MR) is 56.8 cm³/mol. The number of non-ortho nitro benzene ring substituents is 1. The standard InChI is InChI=1S/C7H6BrNO2.H3P/c8-5-6-1-3-7(4-2-6)9(10)11;/h1-4H,5H2;1H3. The highest BCUT2D eigenvalue weighted by molar-refractivity contribution is 9.08. The molecule has 0 spiro atoms. The second-order valence-corrected chi connectivity index (χ2v) is 2.62. The van der Waals surface area contributed by atoms with E-state index < -0.39 is 4.92 Å². The highest BCUT2D eigenvalue weighted by atomic mass is 79.9. The van der Waals surface area contributed by atoms with Crippen LogP contribution in [-0.4, -0.2) is 4.92 Å². The minimum Gasteiger partial charge on any atom is -0.258 e. The number of hydrogen-bond donors (Lipinski definition) is 0. The third kappa shape index (κ3) is 2.88. The highest BCUT2D eigenvalue weighted by Gasteiger charge is 2.02. The Bertz CT molecular complexity index is 263. The molecule has 66 valence electrons. The largest absolute Gasteiger partial charge is 0.269 e. The smallest absolute Gasteiger partial charge is 0.258 e. The fourth-order valence-corrected chi connectivity index (χ4v) is 1.08. The summed E-state index contributed by atoms with van der Waals surface area (Å²) in [5.74, 6) is 0. The van der Waals surface area contributed by atoms with Crippen LogP contribution in [0, 0.1) is 10.1 Å². The van der Waals surface area contributed by atoms with Crippen molar-refractivity contribution in [2.45, 2.75) is 5.33 Å². The van der Waals surface area contributed by atoms with Crippen LogP contribution in [0.15, 0.2) is 24.3 Å². The molecule has 0 radical (unpaired) electrons. The van der Waals surface area contributed by atoms with Gasteiger partial charge in [0.05, 0.1) is 4.92 Å². The molecule has 0 saturated heterocycles. The number of alkyl halides is 1. The van der Waals surface area contributed by atoms with E-state index in [-0.39, 0.29) is 15.6 Å². The lowest BCUT2D eigenvalue weighted by atomic mass is 10.2. The van der Waals surface area contributed by atoms with Crippen molar-refractivity contribution in [2.75, 3.05) is 0 Å². The third-order valence-electron chi connectivity index (χ3n) is 1.30. The maximum absolute atomic E-state index is 10.2. The molecular formula is C7H9BrNO2P. The van der Waals surface area contributed by atoms with Crippen molar-refractivity contribution in [3.05, 3.63) is 39.9 Å². The highest BCUT2D eigenvalue weighted by Crippen LogP contribution is 2.13. The molecule has 1 unspecified atom stereocenters. The normalized spacial score (nSPS) is 8.75. The van der Waals surface area contributed by atoms with Gasteiger partial charge in [-0.25, -0.2) is 0 Å². The zero-order valence-electron chi connectivity index (χ0n) is 6.37. The summed E-state index contributed by atoms with van der Waals surface area (Å²) in [7, 11) is 0. The average molecular weight is 250 g/mol. The lowest BCUT2D eigenvalue weighted by Crippen LogP contribution is -1.87. The van der Waals surface area contributed by atoms with Gasteiger partial charge in [-0.15, -0.1) is 0 Å². The SMILES string of the molecule is O=[N+]([O-])c1ccc(CBr)cc1.P. The van der Waals surface area contributed by atoms with Crippen molar-refractivity contribution in [1.82, 2.24) is 0 Å². The first-order valence-electron chi connectivity index (χ1n) is 3.03. The molecule has 0 aliphatic heterocycles. The minimum atomic E-state index is -0.405. The van der Waals surface area contributed by atoms with Gasteiger partial charge in [-0.05, 0) is 5.56 Å². The zero-order chi connectivity index (χ0) is 8.27. The minimum absolute atomic E-state index is 0. The Kier molecular flexibility index (Phi) is 5.02. The number of nitro benzene ring substituents is 1. The van der Waals surface area contributed by atoms with E-state index in [1.165, 1.54) is 12.1 Å². The fourth-order valence-electron chi connectivity index (χ4n) is 0.707. The molecule has 1 aromatic rings. The van der Waals surface area contributed by atoms with Crippen molar-refractivity contribution in [1.29, 1.82) is 0 Å². The molecule has 0 saturated carbocycles. The van der Waals surface area contributed by atoms with Crippen LogP contribution >= 0.6 is 25.8 Å². The maximum Gasteiger partial charge on any atom is 0.269 e. The number of nitro groups is 1. The number of hydrogen-bond acceptors (Lipinski definition) is 2. The Morgan fingerprint density at radius 3 is 2.17 bits per heavy atom. The van der Waals surface area contributed by atoms with Crippen molar-refractivity contribution in [3.63, 3.8) is 0 Å². The van der Waals surface area contributed by atoms with Gasteiger partial charge in [0.15, 0.2) is 0 Å². The van der Waals surface area contributed by atoms with Crippen molar-refractivity contribution < 1.29 is 4.92 Å². The van der Waals surface area contributed by atoms with Gasteiger partial charge < -0.3 is 0 Å². The van der Waals surface area contributed by atoms with Gasteiger partial charge in [0.2, 0.25) is 0 Å². The summed E-state index contributed by atoms with van der Waals surface area (Å²) >= 11 is 3.25. The first-order chi connectivity index (χ1) is 5.24. The van der Waals surface area contributed by atoms with E-state index in [0.717, 1.165) is 10.9 Å². The lowest BCUT2D eigenvalue weighted by Gasteiger charge is -1.92. The molecule has 5 heteroatoms. The topological polar surface area (TPSA) is 43.1 Å². The quantitative estimate of drug-likeness (QED) is 0.350. The van der Waals surface area contributed by atoms with Crippen LogP contribution in [0.5, 0.6) is 0 Å². The van der Waals surface area contributed by atoms with E-state index in [9.17, 15) is 10.1 Å². The summed E-state index contributed by atoms with van der Waals surface area (Å²) in [5, 5.41) is 10.9. The Morgan fingerprint density at radius 1 is 1.33 bits per heavy atom. The van der Waals surface area contributed by atoms with Crippen LogP contribution in [0.1, 0.15) is 5.56 Å². The number of benzene rings is 1. The molecule has 0 heterocycles.